The van der Waals surface area contributed by atoms with Crippen molar-refractivity contribution in [2.24, 2.45) is 0 Å². The van der Waals surface area contributed by atoms with Gasteiger partial charge in [-0.15, -0.1) is 11.3 Å². The van der Waals surface area contributed by atoms with Gasteiger partial charge in [0.1, 0.15) is 11.2 Å². The quantitative estimate of drug-likeness (QED) is 0.176. The molecule has 0 N–H and O–H groups in total. The van der Waals surface area contributed by atoms with E-state index in [4.69, 9.17) is 19.4 Å². The molecule has 0 unspecified atom stereocenters. The van der Waals surface area contributed by atoms with Crippen LogP contribution in [0.2, 0.25) is 0 Å². The molecule has 0 spiro atoms. The van der Waals surface area contributed by atoms with E-state index < -0.39 is 0 Å². The van der Waals surface area contributed by atoms with E-state index in [9.17, 15) is 0 Å². The average molecular weight is 747 g/mol. The number of aromatic nitrogens is 4. The van der Waals surface area contributed by atoms with Gasteiger partial charge < -0.3 is 8.98 Å². The largest absolute Gasteiger partial charge is 0.456 e. The molecule has 5 nitrogen and oxygen atoms in total. The normalized spacial score (nSPS) is 11.9. The van der Waals surface area contributed by atoms with Gasteiger partial charge >= 0.3 is 0 Å². The number of para-hydroxylation sites is 3. The molecule has 6 heteroatoms. The Balaban J connectivity index is 1.11. The highest BCUT2D eigenvalue weighted by Gasteiger charge is 2.21. The van der Waals surface area contributed by atoms with Gasteiger partial charge in [-0.2, -0.15) is 0 Å². The number of benzene rings is 8. The van der Waals surface area contributed by atoms with Gasteiger partial charge in [0.2, 0.25) is 0 Å². The van der Waals surface area contributed by atoms with Gasteiger partial charge in [-0.3, -0.25) is 0 Å². The SMILES string of the molecule is c1ccc(-c2ccc3c(c2)c2ccccc2n3-c2ccccc2-c2nc(-c3ccc4c(c3)oc3ccccc34)nc(-c3cccc4sc5ccccc5c34)n2)cc1. The molecule has 0 radical (unpaired) electrons. The van der Waals surface area contributed by atoms with Crippen molar-refractivity contribution in [2.45, 2.75) is 0 Å². The van der Waals surface area contributed by atoms with E-state index in [1.807, 2.05) is 18.2 Å². The zero-order valence-electron chi connectivity index (χ0n) is 30.4. The van der Waals surface area contributed by atoms with Crippen LogP contribution in [-0.2, 0) is 0 Å². The molecule has 4 aromatic heterocycles. The van der Waals surface area contributed by atoms with Crippen LogP contribution < -0.4 is 0 Å². The van der Waals surface area contributed by atoms with E-state index in [1.54, 1.807) is 11.3 Å². The Bertz CT molecular complexity index is 3540. The summed E-state index contributed by atoms with van der Waals surface area (Å²) in [6, 6.07) is 63.8. The van der Waals surface area contributed by atoms with Crippen molar-refractivity contribution < 1.29 is 4.42 Å². The first-order chi connectivity index (χ1) is 28.2. The molecular weight excluding hydrogens is 717 g/mol. The zero-order valence-corrected chi connectivity index (χ0v) is 31.2. The number of furan rings is 1. The fourth-order valence-corrected chi connectivity index (χ4v) is 9.60. The van der Waals surface area contributed by atoms with Gasteiger partial charge in [0, 0.05) is 58.4 Å². The highest BCUT2D eigenvalue weighted by molar-refractivity contribution is 7.25. The minimum atomic E-state index is 0.582. The Hall–Kier alpha value is -7.41. The molecular formula is C51H30N4OS. The first kappa shape index (κ1) is 31.9. The summed E-state index contributed by atoms with van der Waals surface area (Å²) < 4.78 is 11.1. The summed E-state index contributed by atoms with van der Waals surface area (Å²) in [5.41, 5.74) is 9.98. The van der Waals surface area contributed by atoms with Gasteiger partial charge in [0.15, 0.2) is 17.5 Å². The molecule has 8 aromatic carbocycles. The van der Waals surface area contributed by atoms with Crippen LogP contribution in [0.25, 0.3) is 115 Å². The molecule has 0 fully saturated rings. The predicted molar refractivity (Wildman–Crippen MR) is 236 cm³/mol. The molecule has 0 aliphatic carbocycles. The topological polar surface area (TPSA) is 56.7 Å². The van der Waals surface area contributed by atoms with Crippen LogP contribution >= 0.6 is 11.3 Å². The molecule has 0 aliphatic heterocycles. The molecule has 0 saturated carbocycles. The van der Waals surface area contributed by atoms with Gasteiger partial charge in [-0.1, -0.05) is 121 Å². The number of fused-ring (bicyclic) bond motifs is 9. The van der Waals surface area contributed by atoms with Gasteiger partial charge in [0.25, 0.3) is 0 Å². The van der Waals surface area contributed by atoms with E-state index in [1.165, 1.54) is 36.7 Å². The molecule has 12 rings (SSSR count). The number of hydrogen-bond donors (Lipinski definition) is 0. The Labute approximate surface area is 330 Å². The Morgan fingerprint density at radius 2 is 1.04 bits per heavy atom. The second kappa shape index (κ2) is 12.6. The fourth-order valence-electron chi connectivity index (χ4n) is 8.47. The Morgan fingerprint density at radius 3 is 1.95 bits per heavy atom. The lowest BCUT2D eigenvalue weighted by Crippen LogP contribution is -2.03. The van der Waals surface area contributed by atoms with Crippen molar-refractivity contribution >= 4 is 75.3 Å². The van der Waals surface area contributed by atoms with Crippen LogP contribution in [0.3, 0.4) is 0 Å². The molecule has 12 aromatic rings. The molecule has 57 heavy (non-hydrogen) atoms. The Morgan fingerprint density at radius 1 is 0.386 bits per heavy atom. The average Bonchev–Trinajstić information content (AvgIpc) is 3.95. The molecule has 0 aliphatic rings. The van der Waals surface area contributed by atoms with Crippen LogP contribution in [0.15, 0.2) is 186 Å². The second-order valence-corrected chi connectivity index (χ2v) is 15.4. The van der Waals surface area contributed by atoms with E-state index in [0.717, 1.165) is 60.7 Å². The van der Waals surface area contributed by atoms with Gasteiger partial charge in [-0.25, -0.2) is 15.0 Å². The monoisotopic (exact) mass is 746 g/mol. The summed E-state index contributed by atoms with van der Waals surface area (Å²) in [6.45, 7) is 0. The first-order valence-corrected chi connectivity index (χ1v) is 19.8. The van der Waals surface area contributed by atoms with Crippen LogP contribution in [0, 0.1) is 0 Å². The van der Waals surface area contributed by atoms with Gasteiger partial charge in [0.05, 0.1) is 16.7 Å². The zero-order chi connectivity index (χ0) is 37.5. The van der Waals surface area contributed by atoms with E-state index in [0.29, 0.717) is 17.5 Å². The summed E-state index contributed by atoms with van der Waals surface area (Å²) in [5, 5.41) is 6.87. The highest BCUT2D eigenvalue weighted by atomic mass is 32.1. The van der Waals surface area contributed by atoms with Crippen molar-refractivity contribution in [3.63, 3.8) is 0 Å². The fraction of sp³-hybridized carbons (Fsp3) is 0. The minimum absolute atomic E-state index is 0.582. The van der Waals surface area contributed by atoms with Crippen LogP contribution in [0.4, 0.5) is 0 Å². The molecule has 266 valence electrons. The third kappa shape index (κ3) is 5.04. The smallest absolute Gasteiger partial charge is 0.166 e. The number of rotatable bonds is 5. The first-order valence-electron chi connectivity index (χ1n) is 19.0. The number of nitrogens with zero attached hydrogens (tertiary/aromatic N) is 4. The van der Waals surface area contributed by atoms with E-state index in [-0.39, 0.29) is 0 Å². The lowest BCUT2D eigenvalue weighted by Gasteiger charge is -2.15. The minimum Gasteiger partial charge on any atom is -0.456 e. The summed E-state index contributed by atoms with van der Waals surface area (Å²) in [7, 11) is 0. The summed E-state index contributed by atoms with van der Waals surface area (Å²) in [5.74, 6) is 1.80. The lowest BCUT2D eigenvalue weighted by atomic mass is 10.0. The lowest BCUT2D eigenvalue weighted by molar-refractivity contribution is 0.669. The maximum atomic E-state index is 6.35. The third-order valence-electron chi connectivity index (χ3n) is 11.1. The Kier molecular flexibility index (Phi) is 7.03. The van der Waals surface area contributed by atoms with Crippen molar-refractivity contribution in [3.05, 3.63) is 182 Å². The van der Waals surface area contributed by atoms with E-state index >= 15 is 0 Å². The van der Waals surface area contributed by atoms with Crippen molar-refractivity contribution in [3.8, 4) is 51.0 Å². The predicted octanol–water partition coefficient (Wildman–Crippen LogP) is 13.9. The highest BCUT2D eigenvalue weighted by Crippen LogP contribution is 2.42. The van der Waals surface area contributed by atoms with Crippen LogP contribution in [0.5, 0.6) is 0 Å². The molecule has 4 heterocycles. The summed E-state index contributed by atoms with van der Waals surface area (Å²) in [6.07, 6.45) is 0. The standard InChI is InChI=1S/C51H30N4OS/c1-2-13-31(14-3-1)32-26-28-43-40(29-32)34-15-4-8-20-41(34)55(43)42-21-9-5-17-37(42)50-52-49(33-25-27-36-35-16-6-10-22-44(35)56-45(36)30-33)53-51(54-50)39-19-12-24-47-48(39)38-18-7-11-23-46(38)57-47/h1-30H. The van der Waals surface area contributed by atoms with Crippen LogP contribution in [0.1, 0.15) is 0 Å². The number of thiophene rings is 1. The van der Waals surface area contributed by atoms with Gasteiger partial charge in [-0.05, 0) is 71.8 Å². The van der Waals surface area contributed by atoms with E-state index in [2.05, 4.69) is 168 Å². The van der Waals surface area contributed by atoms with Crippen molar-refractivity contribution in [1.82, 2.24) is 19.5 Å². The summed E-state index contributed by atoms with van der Waals surface area (Å²) >= 11 is 1.79. The summed E-state index contributed by atoms with van der Waals surface area (Å²) in [4.78, 5) is 15.9. The van der Waals surface area contributed by atoms with Crippen molar-refractivity contribution in [2.75, 3.05) is 0 Å². The third-order valence-corrected chi connectivity index (χ3v) is 12.2. The maximum absolute atomic E-state index is 6.35. The molecule has 0 saturated heterocycles. The second-order valence-electron chi connectivity index (χ2n) is 14.4. The van der Waals surface area contributed by atoms with Crippen molar-refractivity contribution in [1.29, 1.82) is 0 Å². The maximum Gasteiger partial charge on any atom is 0.166 e. The number of hydrogen-bond acceptors (Lipinski definition) is 5. The molecule has 0 amide bonds. The van der Waals surface area contributed by atoms with Crippen LogP contribution in [-0.4, -0.2) is 19.5 Å². The molecule has 0 bridgehead atoms. The molecule has 0 atom stereocenters.